The molecule has 0 saturated carbocycles. The Morgan fingerprint density at radius 3 is 2.48 bits per heavy atom. The van der Waals surface area contributed by atoms with Gasteiger partial charge in [-0.1, -0.05) is 41.4 Å². The molecular formula is C14H12Cl2N2O3. The van der Waals surface area contributed by atoms with Crippen molar-refractivity contribution in [2.75, 3.05) is 18.5 Å². The summed E-state index contributed by atoms with van der Waals surface area (Å²) in [5.41, 5.74) is 0.190. The minimum absolute atomic E-state index is 0.121. The van der Waals surface area contributed by atoms with Gasteiger partial charge in [0.2, 0.25) is 0 Å². The van der Waals surface area contributed by atoms with Crippen molar-refractivity contribution in [3.8, 4) is 5.75 Å². The number of nitro benzene ring substituents is 1. The van der Waals surface area contributed by atoms with E-state index in [1.807, 2.05) is 30.3 Å². The van der Waals surface area contributed by atoms with Gasteiger partial charge >= 0.3 is 0 Å². The molecule has 0 bridgehead atoms. The molecule has 0 aliphatic carbocycles. The van der Waals surface area contributed by atoms with Gasteiger partial charge in [-0.15, -0.1) is 0 Å². The topological polar surface area (TPSA) is 64.4 Å². The molecule has 7 heteroatoms. The number of nitrogens with one attached hydrogen (secondary N) is 1. The third kappa shape index (κ3) is 4.24. The summed E-state index contributed by atoms with van der Waals surface area (Å²) in [6.45, 7) is 0.759. The molecule has 0 aliphatic rings. The number of para-hydroxylation sites is 1. The summed E-state index contributed by atoms with van der Waals surface area (Å²) in [6.07, 6.45) is 0. The normalized spacial score (nSPS) is 10.2. The minimum atomic E-state index is -0.511. The third-order valence-electron chi connectivity index (χ3n) is 2.66. The average Bonchev–Trinajstić information content (AvgIpc) is 2.47. The number of hydrogen-bond donors (Lipinski definition) is 1. The molecule has 2 rings (SSSR count). The van der Waals surface area contributed by atoms with Crippen molar-refractivity contribution in [2.45, 2.75) is 0 Å². The van der Waals surface area contributed by atoms with Crippen LogP contribution in [0.25, 0.3) is 0 Å². The molecule has 0 amide bonds. The van der Waals surface area contributed by atoms with Gasteiger partial charge in [-0.2, -0.15) is 0 Å². The maximum atomic E-state index is 11.0. The van der Waals surface area contributed by atoms with E-state index in [4.69, 9.17) is 27.9 Å². The fourth-order valence-electron chi connectivity index (χ4n) is 1.70. The van der Waals surface area contributed by atoms with Crippen LogP contribution in [0.4, 0.5) is 11.4 Å². The first-order chi connectivity index (χ1) is 10.1. The van der Waals surface area contributed by atoms with E-state index in [2.05, 4.69) is 5.32 Å². The van der Waals surface area contributed by atoms with Crippen LogP contribution in [0.2, 0.25) is 10.0 Å². The molecule has 0 unspecified atom stereocenters. The Labute approximate surface area is 131 Å². The van der Waals surface area contributed by atoms with Crippen molar-refractivity contribution in [2.24, 2.45) is 0 Å². The van der Waals surface area contributed by atoms with Crippen molar-refractivity contribution in [1.82, 2.24) is 0 Å². The van der Waals surface area contributed by atoms with Gasteiger partial charge in [0, 0.05) is 12.6 Å². The maximum Gasteiger partial charge on any atom is 0.293 e. The zero-order chi connectivity index (χ0) is 15.2. The van der Waals surface area contributed by atoms with Crippen LogP contribution in [-0.4, -0.2) is 18.1 Å². The lowest BCUT2D eigenvalue weighted by atomic mass is 10.2. The van der Waals surface area contributed by atoms with E-state index in [9.17, 15) is 10.1 Å². The van der Waals surface area contributed by atoms with E-state index in [-0.39, 0.29) is 15.7 Å². The van der Waals surface area contributed by atoms with Gasteiger partial charge in [0.1, 0.15) is 18.0 Å². The van der Waals surface area contributed by atoms with Gasteiger partial charge in [-0.05, 0) is 18.2 Å². The van der Waals surface area contributed by atoms with E-state index >= 15 is 0 Å². The highest BCUT2D eigenvalue weighted by Crippen LogP contribution is 2.33. The quantitative estimate of drug-likeness (QED) is 0.485. The fraction of sp³-hybridized carbons (Fsp3) is 0.143. The van der Waals surface area contributed by atoms with E-state index in [0.717, 1.165) is 5.75 Å². The Balaban J connectivity index is 1.96. The van der Waals surface area contributed by atoms with Gasteiger partial charge in [0.05, 0.1) is 15.0 Å². The second kappa shape index (κ2) is 7.15. The van der Waals surface area contributed by atoms with Crippen LogP contribution in [0.15, 0.2) is 42.5 Å². The van der Waals surface area contributed by atoms with Crippen LogP contribution in [-0.2, 0) is 0 Å². The largest absolute Gasteiger partial charge is 0.492 e. The second-order valence-corrected chi connectivity index (χ2v) is 4.94. The van der Waals surface area contributed by atoms with Crippen molar-refractivity contribution in [3.05, 3.63) is 62.6 Å². The highest BCUT2D eigenvalue weighted by molar-refractivity contribution is 6.42. The SMILES string of the molecule is O=[N+]([O-])c1cc(Cl)c(Cl)cc1NCCOc1ccccc1. The zero-order valence-corrected chi connectivity index (χ0v) is 12.4. The molecule has 1 N–H and O–H groups in total. The number of anilines is 1. The molecule has 110 valence electrons. The maximum absolute atomic E-state index is 11.0. The lowest BCUT2D eigenvalue weighted by molar-refractivity contribution is -0.383. The molecule has 0 radical (unpaired) electrons. The molecule has 0 heterocycles. The first-order valence-corrected chi connectivity index (χ1v) is 6.88. The molecule has 5 nitrogen and oxygen atoms in total. The number of benzene rings is 2. The smallest absolute Gasteiger partial charge is 0.293 e. The van der Waals surface area contributed by atoms with E-state index < -0.39 is 4.92 Å². The van der Waals surface area contributed by atoms with Crippen LogP contribution in [0.1, 0.15) is 0 Å². The number of hydrogen-bond acceptors (Lipinski definition) is 4. The molecule has 2 aromatic rings. The van der Waals surface area contributed by atoms with Crippen LogP contribution in [0.3, 0.4) is 0 Å². The molecule has 2 aromatic carbocycles. The molecule has 0 aromatic heterocycles. The molecule has 0 spiro atoms. The monoisotopic (exact) mass is 326 g/mol. The standard InChI is InChI=1S/C14H12Cl2N2O3/c15-11-8-13(14(18(19)20)9-12(11)16)17-6-7-21-10-4-2-1-3-5-10/h1-5,8-9,17H,6-7H2. The van der Waals surface area contributed by atoms with E-state index in [1.54, 1.807) is 0 Å². The Kier molecular flexibility index (Phi) is 5.25. The number of rotatable bonds is 6. The van der Waals surface area contributed by atoms with Crippen LogP contribution < -0.4 is 10.1 Å². The van der Waals surface area contributed by atoms with Crippen molar-refractivity contribution in [3.63, 3.8) is 0 Å². The summed E-state index contributed by atoms with van der Waals surface area (Å²) in [7, 11) is 0. The third-order valence-corrected chi connectivity index (χ3v) is 3.39. The van der Waals surface area contributed by atoms with Crippen LogP contribution >= 0.6 is 23.2 Å². The summed E-state index contributed by atoms with van der Waals surface area (Å²) < 4.78 is 5.49. The van der Waals surface area contributed by atoms with E-state index in [1.165, 1.54) is 12.1 Å². The summed E-state index contributed by atoms with van der Waals surface area (Å²) >= 11 is 11.7. The predicted octanol–water partition coefficient (Wildman–Crippen LogP) is 4.39. The van der Waals surface area contributed by atoms with Crippen LogP contribution in [0.5, 0.6) is 5.75 Å². The van der Waals surface area contributed by atoms with Gasteiger partial charge in [0.25, 0.3) is 5.69 Å². The molecule has 21 heavy (non-hydrogen) atoms. The second-order valence-electron chi connectivity index (χ2n) is 4.13. The van der Waals surface area contributed by atoms with Crippen LogP contribution in [0, 0.1) is 10.1 Å². The van der Waals surface area contributed by atoms with Gasteiger partial charge in [-0.3, -0.25) is 10.1 Å². The Bertz CT molecular complexity index is 636. The number of nitrogens with zero attached hydrogens (tertiary/aromatic N) is 1. The lowest BCUT2D eigenvalue weighted by Gasteiger charge is -2.09. The number of ether oxygens (including phenoxy) is 1. The van der Waals surface area contributed by atoms with Crippen molar-refractivity contribution < 1.29 is 9.66 Å². The molecule has 0 atom stereocenters. The lowest BCUT2D eigenvalue weighted by Crippen LogP contribution is -2.12. The highest BCUT2D eigenvalue weighted by Gasteiger charge is 2.16. The summed E-state index contributed by atoms with van der Waals surface area (Å²) in [4.78, 5) is 10.5. The van der Waals surface area contributed by atoms with Gasteiger partial charge in [-0.25, -0.2) is 0 Å². The first kappa shape index (κ1) is 15.4. The molecular weight excluding hydrogens is 315 g/mol. The number of halogens is 2. The van der Waals surface area contributed by atoms with Gasteiger partial charge < -0.3 is 10.1 Å². The predicted molar refractivity (Wildman–Crippen MR) is 83.5 cm³/mol. The fourth-order valence-corrected chi connectivity index (χ4v) is 2.02. The number of nitro groups is 1. The highest BCUT2D eigenvalue weighted by atomic mass is 35.5. The first-order valence-electron chi connectivity index (χ1n) is 6.13. The summed E-state index contributed by atoms with van der Waals surface area (Å²) in [5, 5.41) is 14.3. The Morgan fingerprint density at radius 2 is 1.81 bits per heavy atom. The van der Waals surface area contributed by atoms with Crippen molar-refractivity contribution >= 4 is 34.6 Å². The molecule has 0 saturated heterocycles. The summed E-state index contributed by atoms with van der Waals surface area (Å²) in [5.74, 6) is 0.739. The Morgan fingerprint density at radius 1 is 1.14 bits per heavy atom. The van der Waals surface area contributed by atoms with Gasteiger partial charge in [0.15, 0.2) is 0 Å². The average molecular weight is 327 g/mol. The van der Waals surface area contributed by atoms with E-state index in [0.29, 0.717) is 18.8 Å². The molecule has 0 aliphatic heterocycles. The molecule has 0 fully saturated rings. The van der Waals surface area contributed by atoms with Crippen molar-refractivity contribution in [1.29, 1.82) is 0 Å². The summed E-state index contributed by atoms with van der Waals surface area (Å²) in [6, 6.07) is 12.0. The Hall–Kier alpha value is -1.98. The minimum Gasteiger partial charge on any atom is -0.492 e. The zero-order valence-electron chi connectivity index (χ0n) is 10.9.